The Kier molecular flexibility index (Phi) is 5.00. The summed E-state index contributed by atoms with van der Waals surface area (Å²) in [6.07, 6.45) is 3.25. The Labute approximate surface area is 120 Å². The summed E-state index contributed by atoms with van der Waals surface area (Å²) >= 11 is 0. The predicted octanol–water partition coefficient (Wildman–Crippen LogP) is 2.55. The zero-order valence-electron chi connectivity index (χ0n) is 12.4. The quantitative estimate of drug-likeness (QED) is 0.768. The molecule has 1 aliphatic carbocycles. The van der Waals surface area contributed by atoms with Crippen LogP contribution in [0.3, 0.4) is 0 Å². The van der Waals surface area contributed by atoms with Gasteiger partial charge in [-0.05, 0) is 51.3 Å². The lowest BCUT2D eigenvalue weighted by atomic mass is 9.98. The second kappa shape index (κ2) is 6.55. The molecule has 1 aliphatic rings. The fraction of sp³-hybridized carbons (Fsp3) is 0.625. The van der Waals surface area contributed by atoms with E-state index in [1.807, 2.05) is 6.07 Å². The molecule has 1 unspecified atom stereocenters. The van der Waals surface area contributed by atoms with Crippen LogP contribution in [-0.2, 0) is 0 Å². The second-order valence-corrected chi connectivity index (χ2v) is 5.95. The molecule has 1 fully saturated rings. The fourth-order valence-electron chi connectivity index (χ4n) is 2.44. The van der Waals surface area contributed by atoms with Crippen molar-refractivity contribution in [3.63, 3.8) is 0 Å². The zero-order chi connectivity index (χ0) is 14.6. The number of rotatable bonds is 8. The number of hydrogen-bond acceptors (Lipinski definition) is 3. The third kappa shape index (κ3) is 4.18. The molecule has 0 spiro atoms. The monoisotopic (exact) mass is 280 g/mol. The lowest BCUT2D eigenvalue weighted by Gasteiger charge is -2.33. The standard InChI is InChI=1S/C16H25FN2O/c1-3-19(15-6-4-5-13(17)11-15)10-9-16(2,12-20)18-14-7-8-14/h4-6,11,14,18,20H,3,7-10,12H2,1-2H3. The third-order valence-corrected chi connectivity index (χ3v) is 3.97. The Bertz CT molecular complexity index is 436. The molecule has 0 aromatic heterocycles. The maximum atomic E-state index is 13.3. The van der Waals surface area contributed by atoms with Gasteiger partial charge in [0.1, 0.15) is 5.82 Å². The van der Waals surface area contributed by atoms with Gasteiger partial charge in [0.15, 0.2) is 0 Å². The van der Waals surface area contributed by atoms with Gasteiger partial charge >= 0.3 is 0 Å². The molecule has 2 rings (SSSR count). The smallest absolute Gasteiger partial charge is 0.125 e. The van der Waals surface area contributed by atoms with Gasteiger partial charge in [0.05, 0.1) is 6.61 Å². The van der Waals surface area contributed by atoms with Crippen LogP contribution in [0.4, 0.5) is 10.1 Å². The van der Waals surface area contributed by atoms with Crippen LogP contribution >= 0.6 is 0 Å². The average Bonchev–Trinajstić information content (AvgIpc) is 3.23. The van der Waals surface area contributed by atoms with E-state index in [1.165, 1.54) is 18.9 Å². The number of halogens is 1. The van der Waals surface area contributed by atoms with Crippen molar-refractivity contribution in [1.82, 2.24) is 5.32 Å². The molecule has 1 aromatic carbocycles. The van der Waals surface area contributed by atoms with E-state index in [0.717, 1.165) is 25.2 Å². The normalized spacial score (nSPS) is 17.8. The molecular formula is C16H25FN2O. The van der Waals surface area contributed by atoms with Gasteiger partial charge < -0.3 is 15.3 Å². The molecule has 0 heterocycles. The van der Waals surface area contributed by atoms with Gasteiger partial charge in [-0.25, -0.2) is 4.39 Å². The minimum atomic E-state index is -0.248. The number of nitrogens with zero attached hydrogens (tertiary/aromatic N) is 1. The molecule has 112 valence electrons. The highest BCUT2D eigenvalue weighted by atomic mass is 19.1. The Morgan fingerprint density at radius 2 is 2.20 bits per heavy atom. The van der Waals surface area contributed by atoms with Crippen molar-refractivity contribution in [3.05, 3.63) is 30.1 Å². The van der Waals surface area contributed by atoms with Crippen LogP contribution in [0.1, 0.15) is 33.1 Å². The van der Waals surface area contributed by atoms with Crippen LogP contribution in [0.5, 0.6) is 0 Å². The van der Waals surface area contributed by atoms with Crippen molar-refractivity contribution in [1.29, 1.82) is 0 Å². The molecule has 0 amide bonds. The van der Waals surface area contributed by atoms with Crippen molar-refractivity contribution in [3.8, 4) is 0 Å². The van der Waals surface area contributed by atoms with Crippen molar-refractivity contribution in [2.45, 2.75) is 44.7 Å². The van der Waals surface area contributed by atoms with E-state index in [0.29, 0.717) is 6.04 Å². The highest BCUT2D eigenvalue weighted by molar-refractivity contribution is 5.46. The first-order valence-electron chi connectivity index (χ1n) is 7.45. The minimum absolute atomic E-state index is 0.129. The van der Waals surface area contributed by atoms with E-state index >= 15 is 0 Å². The summed E-state index contributed by atoms with van der Waals surface area (Å²) in [5.74, 6) is -0.207. The molecule has 0 radical (unpaired) electrons. The van der Waals surface area contributed by atoms with Crippen LogP contribution in [0, 0.1) is 5.82 Å². The number of hydrogen-bond donors (Lipinski definition) is 2. The first kappa shape index (κ1) is 15.3. The summed E-state index contributed by atoms with van der Waals surface area (Å²) in [6.45, 7) is 5.88. The second-order valence-electron chi connectivity index (χ2n) is 5.95. The lowest BCUT2D eigenvalue weighted by molar-refractivity contribution is 0.165. The molecule has 1 aromatic rings. The Hall–Kier alpha value is -1.13. The molecule has 4 heteroatoms. The van der Waals surface area contributed by atoms with Gasteiger partial charge in [-0.3, -0.25) is 0 Å². The van der Waals surface area contributed by atoms with Crippen LogP contribution in [0.25, 0.3) is 0 Å². The van der Waals surface area contributed by atoms with Crippen LogP contribution in [0.2, 0.25) is 0 Å². The SMILES string of the molecule is CCN(CCC(C)(CO)NC1CC1)c1cccc(F)c1. The number of anilines is 1. The topological polar surface area (TPSA) is 35.5 Å². The first-order valence-corrected chi connectivity index (χ1v) is 7.45. The Morgan fingerprint density at radius 1 is 1.45 bits per heavy atom. The van der Waals surface area contributed by atoms with Crippen LogP contribution < -0.4 is 10.2 Å². The van der Waals surface area contributed by atoms with Gasteiger partial charge in [-0.2, -0.15) is 0 Å². The molecule has 1 saturated carbocycles. The highest BCUT2D eigenvalue weighted by Gasteiger charge is 2.32. The molecule has 3 nitrogen and oxygen atoms in total. The fourth-order valence-corrected chi connectivity index (χ4v) is 2.44. The van der Waals surface area contributed by atoms with Crippen molar-refractivity contribution in [2.24, 2.45) is 0 Å². The van der Waals surface area contributed by atoms with Gasteiger partial charge in [-0.1, -0.05) is 6.07 Å². The summed E-state index contributed by atoms with van der Waals surface area (Å²) < 4.78 is 13.3. The number of aliphatic hydroxyl groups is 1. The first-order chi connectivity index (χ1) is 9.56. The van der Waals surface area contributed by atoms with E-state index in [1.54, 1.807) is 12.1 Å². The van der Waals surface area contributed by atoms with Crippen LogP contribution in [-0.4, -0.2) is 36.4 Å². The predicted molar refractivity (Wildman–Crippen MR) is 80.6 cm³/mol. The molecular weight excluding hydrogens is 255 g/mol. The van der Waals surface area contributed by atoms with E-state index in [-0.39, 0.29) is 18.0 Å². The molecule has 2 N–H and O–H groups in total. The Balaban J connectivity index is 1.95. The molecule has 0 saturated heterocycles. The maximum absolute atomic E-state index is 13.3. The molecule has 1 atom stereocenters. The molecule has 0 aliphatic heterocycles. The zero-order valence-corrected chi connectivity index (χ0v) is 12.4. The summed E-state index contributed by atoms with van der Waals surface area (Å²) in [5, 5.41) is 13.1. The van der Waals surface area contributed by atoms with Gasteiger partial charge in [0.2, 0.25) is 0 Å². The van der Waals surface area contributed by atoms with Crippen LogP contribution in [0.15, 0.2) is 24.3 Å². The number of aliphatic hydroxyl groups excluding tert-OH is 1. The number of benzene rings is 1. The van der Waals surface area contributed by atoms with Gasteiger partial charge in [-0.15, -0.1) is 0 Å². The highest BCUT2D eigenvalue weighted by Crippen LogP contribution is 2.25. The number of nitrogens with one attached hydrogen (secondary N) is 1. The third-order valence-electron chi connectivity index (χ3n) is 3.97. The van der Waals surface area contributed by atoms with Gasteiger partial charge in [0.25, 0.3) is 0 Å². The maximum Gasteiger partial charge on any atom is 0.125 e. The minimum Gasteiger partial charge on any atom is -0.394 e. The van der Waals surface area contributed by atoms with Crippen molar-refractivity contribution in [2.75, 3.05) is 24.6 Å². The van der Waals surface area contributed by atoms with E-state index in [9.17, 15) is 9.50 Å². The average molecular weight is 280 g/mol. The molecule has 20 heavy (non-hydrogen) atoms. The largest absolute Gasteiger partial charge is 0.394 e. The summed E-state index contributed by atoms with van der Waals surface area (Å²) in [7, 11) is 0. The van der Waals surface area contributed by atoms with E-state index < -0.39 is 0 Å². The molecule has 0 bridgehead atoms. The van der Waals surface area contributed by atoms with Crippen molar-refractivity contribution >= 4 is 5.69 Å². The summed E-state index contributed by atoms with van der Waals surface area (Å²) in [6, 6.07) is 7.26. The van der Waals surface area contributed by atoms with E-state index in [4.69, 9.17) is 0 Å². The summed E-state index contributed by atoms with van der Waals surface area (Å²) in [4.78, 5) is 2.14. The Morgan fingerprint density at radius 3 is 2.75 bits per heavy atom. The van der Waals surface area contributed by atoms with E-state index in [2.05, 4.69) is 24.1 Å². The van der Waals surface area contributed by atoms with Crippen molar-refractivity contribution < 1.29 is 9.50 Å². The summed E-state index contributed by atoms with van der Waals surface area (Å²) in [5.41, 5.74) is 0.654. The lowest BCUT2D eigenvalue weighted by Crippen LogP contribution is -2.49. The van der Waals surface area contributed by atoms with Gasteiger partial charge in [0, 0.05) is 30.4 Å².